The summed E-state index contributed by atoms with van der Waals surface area (Å²) in [5.74, 6) is -1.17. The number of carbonyl (C=O) groups is 2. The molecular weight excluding hydrogens is 463 g/mol. The second-order valence-corrected chi connectivity index (χ2v) is 8.78. The molecule has 0 aliphatic rings. The summed E-state index contributed by atoms with van der Waals surface area (Å²) in [6.07, 6.45) is 0. The SMILES string of the molecule is CCn1c(SCC(=O)Nc2ccccc2C(=O)Nc2ccc(F)cc2)nc2ccsc2c1=O. The minimum absolute atomic E-state index is 0.00992. The molecule has 0 saturated carbocycles. The van der Waals surface area contributed by atoms with Gasteiger partial charge in [-0.3, -0.25) is 19.0 Å². The number of fused-ring (bicyclic) bond motifs is 1. The Kier molecular flexibility index (Phi) is 6.85. The van der Waals surface area contributed by atoms with E-state index in [1.165, 1.54) is 35.6 Å². The van der Waals surface area contributed by atoms with Gasteiger partial charge in [-0.25, -0.2) is 9.37 Å². The molecule has 0 saturated heterocycles. The van der Waals surface area contributed by atoms with Crippen molar-refractivity contribution in [3.8, 4) is 0 Å². The van der Waals surface area contributed by atoms with E-state index >= 15 is 0 Å². The Balaban J connectivity index is 1.46. The van der Waals surface area contributed by atoms with Crippen LogP contribution in [0.4, 0.5) is 15.8 Å². The standard InChI is InChI=1S/C23H19FN4O3S2/c1-2-28-22(31)20-18(11-12-32-20)27-23(28)33-13-19(29)26-17-6-4-3-5-16(17)21(30)25-15-9-7-14(24)8-10-15/h3-12H,2,13H2,1H3,(H,25,30)(H,26,29). The van der Waals surface area contributed by atoms with E-state index in [1.54, 1.807) is 34.9 Å². The van der Waals surface area contributed by atoms with Gasteiger partial charge in [0.15, 0.2) is 5.16 Å². The van der Waals surface area contributed by atoms with Crippen molar-refractivity contribution in [2.75, 3.05) is 16.4 Å². The molecule has 0 radical (unpaired) electrons. The van der Waals surface area contributed by atoms with Crippen LogP contribution in [-0.2, 0) is 11.3 Å². The normalized spacial score (nSPS) is 10.8. The molecule has 0 bridgehead atoms. The average Bonchev–Trinajstić information content (AvgIpc) is 3.28. The number of anilines is 2. The van der Waals surface area contributed by atoms with Crippen LogP contribution in [0.25, 0.3) is 10.2 Å². The van der Waals surface area contributed by atoms with Gasteiger partial charge in [-0.1, -0.05) is 23.9 Å². The predicted octanol–water partition coefficient (Wildman–Crippen LogP) is 4.60. The summed E-state index contributed by atoms with van der Waals surface area (Å²) in [5.41, 5.74) is 1.54. The number of hydrogen-bond donors (Lipinski definition) is 2. The lowest BCUT2D eigenvalue weighted by Gasteiger charge is -2.12. The predicted molar refractivity (Wildman–Crippen MR) is 130 cm³/mol. The number of thiophene rings is 1. The molecule has 7 nitrogen and oxygen atoms in total. The molecule has 168 valence electrons. The number of thioether (sulfide) groups is 1. The summed E-state index contributed by atoms with van der Waals surface area (Å²) < 4.78 is 15.2. The molecule has 4 aromatic rings. The van der Waals surface area contributed by atoms with Gasteiger partial charge in [0.1, 0.15) is 10.5 Å². The van der Waals surface area contributed by atoms with Gasteiger partial charge in [-0.15, -0.1) is 11.3 Å². The highest BCUT2D eigenvalue weighted by atomic mass is 32.2. The first-order valence-corrected chi connectivity index (χ1v) is 11.9. The van der Waals surface area contributed by atoms with E-state index in [1.807, 2.05) is 12.3 Å². The number of para-hydroxylation sites is 1. The molecule has 0 unspecified atom stereocenters. The molecule has 0 aliphatic heterocycles. The van der Waals surface area contributed by atoms with E-state index in [4.69, 9.17) is 0 Å². The second kappa shape index (κ2) is 9.97. The summed E-state index contributed by atoms with van der Waals surface area (Å²) in [4.78, 5) is 42.5. The maximum absolute atomic E-state index is 13.1. The molecular formula is C23H19FN4O3S2. The smallest absolute Gasteiger partial charge is 0.272 e. The van der Waals surface area contributed by atoms with E-state index in [9.17, 15) is 18.8 Å². The molecule has 2 heterocycles. The van der Waals surface area contributed by atoms with Crippen molar-refractivity contribution in [1.29, 1.82) is 0 Å². The van der Waals surface area contributed by atoms with Crippen molar-refractivity contribution < 1.29 is 14.0 Å². The van der Waals surface area contributed by atoms with E-state index in [-0.39, 0.29) is 22.8 Å². The number of rotatable bonds is 7. The van der Waals surface area contributed by atoms with Crippen molar-refractivity contribution in [2.45, 2.75) is 18.6 Å². The number of carbonyl (C=O) groups excluding carboxylic acids is 2. The van der Waals surface area contributed by atoms with Crippen molar-refractivity contribution in [3.63, 3.8) is 0 Å². The summed E-state index contributed by atoms with van der Waals surface area (Å²) >= 11 is 2.50. The summed E-state index contributed by atoms with van der Waals surface area (Å²) in [7, 11) is 0. The van der Waals surface area contributed by atoms with E-state index < -0.39 is 11.7 Å². The summed E-state index contributed by atoms with van der Waals surface area (Å²) in [6.45, 7) is 2.29. The van der Waals surface area contributed by atoms with Gasteiger partial charge in [0, 0.05) is 12.2 Å². The lowest BCUT2D eigenvalue weighted by molar-refractivity contribution is -0.113. The first kappa shape index (κ1) is 22.7. The zero-order valence-electron chi connectivity index (χ0n) is 17.5. The first-order chi connectivity index (χ1) is 16.0. The number of benzene rings is 2. The molecule has 0 spiro atoms. The van der Waals surface area contributed by atoms with Gasteiger partial charge in [0.05, 0.1) is 22.5 Å². The van der Waals surface area contributed by atoms with Gasteiger partial charge in [-0.2, -0.15) is 0 Å². The minimum atomic E-state index is -0.436. The van der Waals surface area contributed by atoms with Crippen LogP contribution in [0.3, 0.4) is 0 Å². The zero-order valence-corrected chi connectivity index (χ0v) is 19.1. The zero-order chi connectivity index (χ0) is 23.4. The quantitative estimate of drug-likeness (QED) is 0.297. The highest BCUT2D eigenvalue weighted by molar-refractivity contribution is 7.99. The second-order valence-electron chi connectivity index (χ2n) is 6.92. The highest BCUT2D eigenvalue weighted by Crippen LogP contribution is 2.22. The van der Waals surface area contributed by atoms with Crippen molar-refractivity contribution in [3.05, 3.63) is 81.7 Å². The lowest BCUT2D eigenvalue weighted by atomic mass is 10.1. The van der Waals surface area contributed by atoms with Gasteiger partial charge in [-0.05, 0) is 54.8 Å². The molecule has 4 rings (SSSR count). The van der Waals surface area contributed by atoms with Crippen LogP contribution in [0.5, 0.6) is 0 Å². The molecule has 2 amide bonds. The third-order valence-corrected chi connectivity index (χ3v) is 6.60. The number of halogens is 1. The topological polar surface area (TPSA) is 93.1 Å². The first-order valence-electron chi connectivity index (χ1n) is 10.0. The Hall–Kier alpha value is -3.50. The average molecular weight is 483 g/mol. The number of nitrogens with zero attached hydrogens (tertiary/aromatic N) is 2. The molecule has 2 aromatic carbocycles. The molecule has 0 atom stereocenters. The van der Waals surface area contributed by atoms with Crippen LogP contribution < -0.4 is 16.2 Å². The highest BCUT2D eigenvalue weighted by Gasteiger charge is 2.16. The maximum atomic E-state index is 13.1. The maximum Gasteiger partial charge on any atom is 0.272 e. The van der Waals surface area contributed by atoms with Crippen LogP contribution in [0, 0.1) is 5.82 Å². The third-order valence-electron chi connectivity index (χ3n) is 4.73. The Morgan fingerprint density at radius 3 is 2.61 bits per heavy atom. The summed E-state index contributed by atoms with van der Waals surface area (Å²) in [5, 5.41) is 7.71. The molecule has 2 aromatic heterocycles. The lowest BCUT2D eigenvalue weighted by Crippen LogP contribution is -2.23. The molecule has 33 heavy (non-hydrogen) atoms. The Bertz CT molecular complexity index is 1380. The van der Waals surface area contributed by atoms with Crippen LogP contribution in [0.2, 0.25) is 0 Å². The van der Waals surface area contributed by atoms with Gasteiger partial charge in [0.2, 0.25) is 5.91 Å². The van der Waals surface area contributed by atoms with Gasteiger partial charge in [0.25, 0.3) is 11.5 Å². The Morgan fingerprint density at radius 2 is 1.85 bits per heavy atom. The van der Waals surface area contributed by atoms with Crippen molar-refractivity contribution >= 4 is 56.5 Å². The van der Waals surface area contributed by atoms with Crippen molar-refractivity contribution in [1.82, 2.24) is 9.55 Å². The molecule has 2 N–H and O–H groups in total. The number of amides is 2. The molecule has 0 aliphatic carbocycles. The third kappa shape index (κ3) is 5.12. The number of hydrogen-bond acceptors (Lipinski definition) is 6. The van der Waals surface area contributed by atoms with Gasteiger partial charge < -0.3 is 10.6 Å². The van der Waals surface area contributed by atoms with Crippen LogP contribution in [0.1, 0.15) is 17.3 Å². The van der Waals surface area contributed by atoms with Crippen LogP contribution >= 0.6 is 23.1 Å². The van der Waals surface area contributed by atoms with E-state index in [2.05, 4.69) is 15.6 Å². The van der Waals surface area contributed by atoms with Crippen molar-refractivity contribution in [2.24, 2.45) is 0 Å². The monoisotopic (exact) mass is 482 g/mol. The number of aromatic nitrogens is 2. The fraction of sp³-hybridized carbons (Fsp3) is 0.130. The van der Waals surface area contributed by atoms with E-state index in [0.29, 0.717) is 33.3 Å². The number of nitrogens with one attached hydrogen (secondary N) is 2. The Morgan fingerprint density at radius 1 is 1.09 bits per heavy atom. The fourth-order valence-corrected chi connectivity index (χ4v) is 4.79. The minimum Gasteiger partial charge on any atom is -0.325 e. The molecule has 0 fully saturated rings. The summed E-state index contributed by atoms with van der Waals surface area (Å²) in [6, 6.07) is 13.8. The van der Waals surface area contributed by atoms with Crippen LogP contribution in [0.15, 0.2) is 69.9 Å². The van der Waals surface area contributed by atoms with Gasteiger partial charge >= 0.3 is 0 Å². The van der Waals surface area contributed by atoms with Crippen LogP contribution in [-0.4, -0.2) is 27.1 Å². The van der Waals surface area contributed by atoms with E-state index in [0.717, 1.165) is 11.8 Å². The molecule has 10 heteroatoms. The Labute approximate surface area is 196 Å². The fourth-order valence-electron chi connectivity index (χ4n) is 3.15. The largest absolute Gasteiger partial charge is 0.325 e.